The minimum Gasteiger partial charge on any atom is -0.367 e. The molecule has 3 fully saturated rings. The van der Waals surface area contributed by atoms with Crippen LogP contribution in [0.25, 0.3) is 11.7 Å². The average Bonchev–Trinajstić information content (AvgIpc) is 3.51. The van der Waals surface area contributed by atoms with E-state index in [9.17, 15) is 22.8 Å². The largest absolute Gasteiger partial charge is 0.433 e. The normalized spacial score (nSPS) is 19.7. The number of rotatable bonds is 5. The molecule has 37 heavy (non-hydrogen) atoms. The second-order valence-corrected chi connectivity index (χ2v) is 9.33. The van der Waals surface area contributed by atoms with Crippen LogP contribution in [-0.4, -0.2) is 63.6 Å². The molecule has 2 aliphatic heterocycles. The molecule has 5 heterocycles. The zero-order valence-corrected chi connectivity index (χ0v) is 19.6. The Bertz CT molecular complexity index is 1420. The lowest BCUT2D eigenvalue weighted by atomic mass is 10.1. The van der Waals surface area contributed by atoms with Crippen LogP contribution in [0.3, 0.4) is 0 Å². The van der Waals surface area contributed by atoms with Gasteiger partial charge in [-0.15, -0.1) is 0 Å². The maximum absolute atomic E-state index is 13.1. The minimum atomic E-state index is -4.49. The van der Waals surface area contributed by atoms with Crippen LogP contribution >= 0.6 is 0 Å². The number of anilines is 3. The first-order chi connectivity index (χ1) is 17.7. The van der Waals surface area contributed by atoms with Gasteiger partial charge in [0.15, 0.2) is 5.65 Å². The molecular formula is C24H23F3N8O2. The van der Waals surface area contributed by atoms with Gasteiger partial charge in [-0.05, 0) is 31.1 Å². The van der Waals surface area contributed by atoms with Crippen molar-refractivity contribution in [2.24, 2.45) is 0 Å². The number of piperazine rings is 1. The molecule has 2 N–H and O–H groups in total. The molecule has 3 aromatic heterocycles. The van der Waals surface area contributed by atoms with Gasteiger partial charge in [0.25, 0.3) is 5.91 Å². The first-order valence-electron chi connectivity index (χ1n) is 12.0. The molecule has 0 radical (unpaired) electrons. The van der Waals surface area contributed by atoms with E-state index in [4.69, 9.17) is 4.98 Å². The van der Waals surface area contributed by atoms with Gasteiger partial charge in [-0.2, -0.15) is 22.8 Å². The second kappa shape index (κ2) is 8.75. The number of fused-ring (bicyclic) bond motifs is 1. The van der Waals surface area contributed by atoms with Crippen LogP contribution in [0.1, 0.15) is 30.5 Å². The number of hydrogen-bond acceptors (Lipinski definition) is 8. The van der Waals surface area contributed by atoms with E-state index in [0.717, 1.165) is 24.7 Å². The topological polar surface area (TPSA) is 108 Å². The van der Waals surface area contributed by atoms with E-state index < -0.39 is 17.8 Å². The van der Waals surface area contributed by atoms with Crippen LogP contribution < -0.4 is 20.4 Å². The molecule has 3 aliphatic rings. The van der Waals surface area contributed by atoms with Gasteiger partial charge in [-0.1, -0.05) is 6.07 Å². The van der Waals surface area contributed by atoms with E-state index in [-0.39, 0.29) is 12.3 Å². The van der Waals surface area contributed by atoms with E-state index in [1.807, 2.05) is 11.0 Å². The number of aromatic nitrogens is 4. The van der Waals surface area contributed by atoms with Crippen molar-refractivity contribution in [3.63, 3.8) is 0 Å². The lowest BCUT2D eigenvalue weighted by Crippen LogP contribution is -2.47. The summed E-state index contributed by atoms with van der Waals surface area (Å²) in [5, 5.41) is 10.2. The summed E-state index contributed by atoms with van der Waals surface area (Å²) in [6.07, 6.45) is 0.883. The predicted molar refractivity (Wildman–Crippen MR) is 129 cm³/mol. The summed E-state index contributed by atoms with van der Waals surface area (Å²) in [6.45, 7) is 2.02. The maximum atomic E-state index is 13.1. The Kier molecular flexibility index (Phi) is 5.50. The van der Waals surface area contributed by atoms with E-state index in [1.165, 1.54) is 6.07 Å². The Labute approximate surface area is 209 Å². The quantitative estimate of drug-likeness (QED) is 0.397. The number of hydrogen-bond donors (Lipinski definition) is 2. The van der Waals surface area contributed by atoms with Gasteiger partial charge in [0, 0.05) is 49.4 Å². The minimum absolute atomic E-state index is 0.00851. The fraction of sp³-hybridized carbons (Fsp3) is 0.375. The van der Waals surface area contributed by atoms with E-state index in [1.54, 1.807) is 22.9 Å². The first-order valence-corrected chi connectivity index (χ1v) is 12.0. The van der Waals surface area contributed by atoms with Crippen molar-refractivity contribution in [1.29, 1.82) is 0 Å². The van der Waals surface area contributed by atoms with Gasteiger partial charge in [-0.25, -0.2) is 9.97 Å². The van der Waals surface area contributed by atoms with Crippen molar-refractivity contribution in [2.45, 2.75) is 31.5 Å². The predicted octanol–water partition coefficient (Wildman–Crippen LogP) is 2.47. The number of carbonyl (C=O) groups is 2. The van der Waals surface area contributed by atoms with E-state index in [0.29, 0.717) is 60.6 Å². The summed E-state index contributed by atoms with van der Waals surface area (Å²) in [4.78, 5) is 36.2. The third-order valence-electron chi connectivity index (χ3n) is 6.59. The number of alkyl halides is 3. The van der Waals surface area contributed by atoms with Gasteiger partial charge >= 0.3 is 6.18 Å². The summed E-state index contributed by atoms with van der Waals surface area (Å²) < 4.78 is 41.0. The molecule has 0 atom stereocenters. The molecule has 10 nitrogen and oxygen atoms in total. The summed E-state index contributed by atoms with van der Waals surface area (Å²) in [5.74, 6) is 0.991. The average molecular weight is 512 g/mol. The lowest BCUT2D eigenvalue weighted by Gasteiger charge is -2.36. The summed E-state index contributed by atoms with van der Waals surface area (Å²) in [5.41, 5.74) is 0.607. The van der Waals surface area contributed by atoms with Crippen LogP contribution in [0.2, 0.25) is 0 Å². The van der Waals surface area contributed by atoms with Crippen LogP contribution in [0.15, 0.2) is 36.0 Å². The molecular weight excluding hydrogens is 489 g/mol. The molecule has 2 saturated heterocycles. The molecule has 192 valence electrons. The number of nitrogens with zero attached hydrogens (tertiary/aromatic N) is 6. The molecule has 0 spiro atoms. The van der Waals surface area contributed by atoms with Crippen molar-refractivity contribution in [1.82, 2.24) is 24.9 Å². The molecule has 0 bridgehead atoms. The Hall–Kier alpha value is -4.16. The van der Waals surface area contributed by atoms with Gasteiger partial charge in [0.2, 0.25) is 5.91 Å². The highest BCUT2D eigenvalue weighted by atomic mass is 19.4. The standard InChI is InChI=1S/C24H23F3N8O2/c25-24(26,27)17-2-1-3-18(30-17)33-6-8-34(9-7-33)19-12-20(29-16-4-5-16)35-22(31-19)15(13-28-35)10-14-11-21(36)32-23(14)37/h1-3,10,12-13,16,29H,4-9,11H2,(H,32,36,37)/b14-10+. The Morgan fingerprint density at radius 3 is 2.41 bits per heavy atom. The zero-order valence-electron chi connectivity index (χ0n) is 19.6. The molecule has 0 unspecified atom stereocenters. The molecule has 13 heteroatoms. The Morgan fingerprint density at radius 2 is 1.76 bits per heavy atom. The number of halogens is 3. The number of amides is 2. The Balaban J connectivity index is 1.27. The number of pyridine rings is 1. The fourth-order valence-electron chi connectivity index (χ4n) is 4.50. The van der Waals surface area contributed by atoms with Crippen LogP contribution in [-0.2, 0) is 15.8 Å². The maximum Gasteiger partial charge on any atom is 0.433 e. The first kappa shape index (κ1) is 23.3. The van der Waals surface area contributed by atoms with Crippen LogP contribution in [0.4, 0.5) is 30.6 Å². The smallest absolute Gasteiger partial charge is 0.367 e. The monoisotopic (exact) mass is 512 g/mol. The van der Waals surface area contributed by atoms with Gasteiger partial charge in [0.1, 0.15) is 23.1 Å². The summed E-state index contributed by atoms with van der Waals surface area (Å²) in [7, 11) is 0. The van der Waals surface area contributed by atoms with Crippen LogP contribution in [0, 0.1) is 0 Å². The van der Waals surface area contributed by atoms with Crippen molar-refractivity contribution in [3.05, 3.63) is 47.3 Å². The SMILES string of the molecule is O=C1C/C(=C\c2cnn3c(NC4CC4)cc(N4CCN(c5cccc(C(F)(F)F)n5)CC4)nc23)C(=O)N1. The van der Waals surface area contributed by atoms with Crippen LogP contribution in [0.5, 0.6) is 0 Å². The van der Waals surface area contributed by atoms with Crippen molar-refractivity contribution in [2.75, 3.05) is 41.3 Å². The van der Waals surface area contributed by atoms with Gasteiger partial charge < -0.3 is 15.1 Å². The zero-order chi connectivity index (χ0) is 25.7. The number of imide groups is 1. The number of nitrogens with one attached hydrogen (secondary N) is 2. The highest BCUT2D eigenvalue weighted by molar-refractivity contribution is 6.15. The Morgan fingerprint density at radius 1 is 1.03 bits per heavy atom. The molecule has 1 saturated carbocycles. The third-order valence-corrected chi connectivity index (χ3v) is 6.59. The fourth-order valence-corrected chi connectivity index (χ4v) is 4.50. The van der Waals surface area contributed by atoms with Crippen molar-refractivity contribution in [3.8, 4) is 0 Å². The lowest BCUT2D eigenvalue weighted by molar-refractivity contribution is -0.141. The highest BCUT2D eigenvalue weighted by Crippen LogP contribution is 2.31. The summed E-state index contributed by atoms with van der Waals surface area (Å²) in [6, 6.07) is 6.20. The molecule has 0 aromatic carbocycles. The number of carbonyl (C=O) groups excluding carboxylic acids is 2. The molecule has 3 aromatic rings. The molecule has 2 amide bonds. The van der Waals surface area contributed by atoms with Gasteiger partial charge in [0.05, 0.1) is 12.6 Å². The molecule has 1 aliphatic carbocycles. The third kappa shape index (κ3) is 4.68. The highest BCUT2D eigenvalue weighted by Gasteiger charge is 2.33. The summed E-state index contributed by atoms with van der Waals surface area (Å²) >= 11 is 0. The van der Waals surface area contributed by atoms with Gasteiger partial charge in [-0.3, -0.25) is 14.9 Å². The van der Waals surface area contributed by atoms with E-state index >= 15 is 0 Å². The van der Waals surface area contributed by atoms with E-state index in [2.05, 4.69) is 25.6 Å². The van der Waals surface area contributed by atoms with Crippen molar-refractivity contribution < 1.29 is 22.8 Å². The second-order valence-electron chi connectivity index (χ2n) is 9.33. The van der Waals surface area contributed by atoms with Crippen molar-refractivity contribution >= 4 is 41.0 Å². The molecule has 6 rings (SSSR count).